The molecule has 26 heavy (non-hydrogen) atoms. The fourth-order valence-electron chi connectivity index (χ4n) is 3.81. The standard InChI is InChI=1S/C18H21F3O5/c19-18(20,21)10-2-1-3-12(6-10)25-9-11(22)4-5-13-14-7-17(24)26-16(14)8-15(13)23/h1-3,6,11,13-16,22-23H,4-5,7-9H2/t11?,13-,14-,15?,16?/m1/s1. The van der Waals surface area contributed by atoms with Crippen LogP contribution in [0.25, 0.3) is 0 Å². The maximum Gasteiger partial charge on any atom is 0.416 e. The van der Waals surface area contributed by atoms with Gasteiger partial charge in [-0.15, -0.1) is 0 Å². The summed E-state index contributed by atoms with van der Waals surface area (Å²) in [6.07, 6.45) is -4.65. The number of hydrogen-bond donors (Lipinski definition) is 2. The van der Waals surface area contributed by atoms with Gasteiger partial charge in [0.1, 0.15) is 18.5 Å². The lowest BCUT2D eigenvalue weighted by atomic mass is 9.87. The van der Waals surface area contributed by atoms with E-state index in [1.165, 1.54) is 12.1 Å². The van der Waals surface area contributed by atoms with Crippen LogP contribution in [-0.4, -0.2) is 41.1 Å². The molecule has 8 heteroatoms. The SMILES string of the molecule is O=C1C[C@H]2C(CC(O)[C@@H]2CCC(O)COc2cccc(C(F)(F)F)c2)O1. The van der Waals surface area contributed by atoms with E-state index in [2.05, 4.69) is 0 Å². The summed E-state index contributed by atoms with van der Waals surface area (Å²) >= 11 is 0. The smallest absolute Gasteiger partial charge is 0.416 e. The van der Waals surface area contributed by atoms with Crippen LogP contribution in [0, 0.1) is 11.8 Å². The molecule has 1 heterocycles. The average Bonchev–Trinajstić information content (AvgIpc) is 3.05. The lowest BCUT2D eigenvalue weighted by Gasteiger charge is -2.21. The van der Waals surface area contributed by atoms with Crippen molar-refractivity contribution < 1.29 is 37.7 Å². The van der Waals surface area contributed by atoms with Crippen LogP contribution < -0.4 is 4.74 Å². The highest BCUT2D eigenvalue weighted by Gasteiger charge is 2.49. The van der Waals surface area contributed by atoms with Crippen LogP contribution in [-0.2, 0) is 15.7 Å². The van der Waals surface area contributed by atoms with Crippen molar-refractivity contribution in [2.24, 2.45) is 11.8 Å². The molecule has 1 saturated carbocycles. The molecular weight excluding hydrogens is 353 g/mol. The Kier molecular flexibility index (Phi) is 5.43. The number of carbonyl (C=O) groups is 1. The molecule has 144 valence electrons. The molecule has 2 aliphatic rings. The van der Waals surface area contributed by atoms with Crippen LogP contribution in [0.4, 0.5) is 13.2 Å². The number of esters is 1. The summed E-state index contributed by atoms with van der Waals surface area (Å²) in [6, 6.07) is 4.48. The number of aliphatic hydroxyl groups is 2. The predicted molar refractivity (Wildman–Crippen MR) is 84.3 cm³/mol. The number of rotatable bonds is 6. The quantitative estimate of drug-likeness (QED) is 0.749. The first-order valence-corrected chi connectivity index (χ1v) is 8.59. The number of fused-ring (bicyclic) bond motifs is 1. The first-order valence-electron chi connectivity index (χ1n) is 8.59. The molecule has 2 fully saturated rings. The Morgan fingerprint density at radius 2 is 2.12 bits per heavy atom. The van der Waals surface area contributed by atoms with E-state index in [9.17, 15) is 28.2 Å². The molecule has 0 bridgehead atoms. The molecule has 5 nitrogen and oxygen atoms in total. The van der Waals surface area contributed by atoms with E-state index in [1.54, 1.807) is 0 Å². The summed E-state index contributed by atoms with van der Waals surface area (Å²) in [5, 5.41) is 20.1. The van der Waals surface area contributed by atoms with Gasteiger partial charge in [-0.3, -0.25) is 4.79 Å². The van der Waals surface area contributed by atoms with Gasteiger partial charge < -0.3 is 19.7 Å². The van der Waals surface area contributed by atoms with Crippen LogP contribution in [0.1, 0.15) is 31.2 Å². The van der Waals surface area contributed by atoms with Gasteiger partial charge in [-0.05, 0) is 37.0 Å². The van der Waals surface area contributed by atoms with Gasteiger partial charge in [0.05, 0.1) is 24.2 Å². The molecule has 1 aromatic rings. The Labute approximate surface area is 148 Å². The van der Waals surface area contributed by atoms with E-state index in [1.807, 2.05) is 0 Å². The minimum Gasteiger partial charge on any atom is -0.491 e. The molecule has 2 N–H and O–H groups in total. The highest BCUT2D eigenvalue weighted by molar-refractivity contribution is 5.72. The third-order valence-corrected chi connectivity index (χ3v) is 5.12. The van der Waals surface area contributed by atoms with Gasteiger partial charge in [-0.2, -0.15) is 13.2 Å². The van der Waals surface area contributed by atoms with Gasteiger partial charge in [0.15, 0.2) is 0 Å². The van der Waals surface area contributed by atoms with Crippen molar-refractivity contribution in [2.45, 2.75) is 50.2 Å². The van der Waals surface area contributed by atoms with Crippen molar-refractivity contribution in [3.63, 3.8) is 0 Å². The zero-order valence-electron chi connectivity index (χ0n) is 14.0. The zero-order valence-corrected chi connectivity index (χ0v) is 14.0. The van der Waals surface area contributed by atoms with E-state index >= 15 is 0 Å². The number of alkyl halides is 3. The first-order chi connectivity index (χ1) is 12.2. The van der Waals surface area contributed by atoms with Crippen molar-refractivity contribution in [2.75, 3.05) is 6.61 Å². The Morgan fingerprint density at radius 3 is 2.85 bits per heavy atom. The topological polar surface area (TPSA) is 76.0 Å². The van der Waals surface area contributed by atoms with Gasteiger partial charge in [0.25, 0.3) is 0 Å². The lowest BCUT2D eigenvalue weighted by Crippen LogP contribution is -2.24. The Balaban J connectivity index is 1.47. The van der Waals surface area contributed by atoms with E-state index in [-0.39, 0.29) is 42.7 Å². The summed E-state index contributed by atoms with van der Waals surface area (Å²) in [4.78, 5) is 11.4. The summed E-state index contributed by atoms with van der Waals surface area (Å²) in [5.41, 5.74) is -0.810. The number of benzene rings is 1. The molecule has 5 atom stereocenters. The first kappa shape index (κ1) is 19.0. The van der Waals surface area contributed by atoms with Gasteiger partial charge in [0, 0.05) is 12.3 Å². The maximum absolute atomic E-state index is 12.7. The van der Waals surface area contributed by atoms with Gasteiger partial charge in [-0.25, -0.2) is 0 Å². The van der Waals surface area contributed by atoms with Gasteiger partial charge >= 0.3 is 12.1 Å². The minimum atomic E-state index is -4.45. The van der Waals surface area contributed by atoms with Crippen molar-refractivity contribution >= 4 is 5.97 Å². The Morgan fingerprint density at radius 1 is 1.35 bits per heavy atom. The van der Waals surface area contributed by atoms with Gasteiger partial charge in [-0.1, -0.05) is 6.07 Å². The molecule has 1 aliphatic heterocycles. The lowest BCUT2D eigenvalue weighted by molar-refractivity contribution is -0.142. The second-order valence-electron chi connectivity index (χ2n) is 6.93. The second kappa shape index (κ2) is 7.44. The third-order valence-electron chi connectivity index (χ3n) is 5.12. The zero-order chi connectivity index (χ0) is 18.9. The van der Waals surface area contributed by atoms with Crippen LogP contribution in [0.3, 0.4) is 0 Å². The number of aliphatic hydroxyl groups excluding tert-OH is 2. The van der Waals surface area contributed by atoms with Crippen molar-refractivity contribution in [1.29, 1.82) is 0 Å². The van der Waals surface area contributed by atoms with E-state index in [0.29, 0.717) is 19.3 Å². The fourth-order valence-corrected chi connectivity index (χ4v) is 3.81. The predicted octanol–water partition coefficient (Wildman–Crippen LogP) is 2.54. The summed E-state index contributed by atoms with van der Waals surface area (Å²) < 4.78 is 48.4. The van der Waals surface area contributed by atoms with Crippen molar-refractivity contribution in [3.05, 3.63) is 29.8 Å². The minimum absolute atomic E-state index is 0.0333. The molecule has 0 spiro atoms. The molecule has 1 saturated heterocycles. The number of ether oxygens (including phenoxy) is 2. The molecule has 3 unspecified atom stereocenters. The second-order valence-corrected chi connectivity index (χ2v) is 6.93. The monoisotopic (exact) mass is 374 g/mol. The molecule has 0 aromatic heterocycles. The average molecular weight is 374 g/mol. The van der Waals surface area contributed by atoms with E-state index in [0.717, 1.165) is 12.1 Å². The third kappa shape index (κ3) is 4.29. The molecule has 3 rings (SSSR count). The summed E-state index contributed by atoms with van der Waals surface area (Å²) in [5.74, 6) is -0.385. The van der Waals surface area contributed by atoms with Crippen molar-refractivity contribution in [1.82, 2.24) is 0 Å². The summed E-state index contributed by atoms with van der Waals surface area (Å²) in [6.45, 7) is -0.145. The highest BCUT2D eigenvalue weighted by atomic mass is 19.4. The van der Waals surface area contributed by atoms with E-state index < -0.39 is 23.9 Å². The van der Waals surface area contributed by atoms with Crippen LogP contribution in [0.5, 0.6) is 5.75 Å². The Hall–Kier alpha value is -1.80. The summed E-state index contributed by atoms with van der Waals surface area (Å²) in [7, 11) is 0. The fraction of sp³-hybridized carbons (Fsp3) is 0.611. The largest absolute Gasteiger partial charge is 0.491 e. The van der Waals surface area contributed by atoms with Crippen molar-refractivity contribution in [3.8, 4) is 5.75 Å². The van der Waals surface area contributed by atoms with Crippen LogP contribution >= 0.6 is 0 Å². The normalized spacial score (nSPS) is 29.3. The number of hydrogen-bond acceptors (Lipinski definition) is 5. The maximum atomic E-state index is 12.7. The van der Waals surface area contributed by atoms with Crippen LogP contribution in [0.2, 0.25) is 0 Å². The molecule has 0 radical (unpaired) electrons. The van der Waals surface area contributed by atoms with Gasteiger partial charge in [0.2, 0.25) is 0 Å². The Bertz CT molecular complexity index is 648. The van der Waals surface area contributed by atoms with Crippen LogP contribution in [0.15, 0.2) is 24.3 Å². The molecule has 1 aromatic carbocycles. The number of halogens is 3. The number of carbonyl (C=O) groups excluding carboxylic acids is 1. The molecular formula is C18H21F3O5. The molecule has 0 amide bonds. The highest BCUT2D eigenvalue weighted by Crippen LogP contribution is 2.43. The van der Waals surface area contributed by atoms with E-state index in [4.69, 9.17) is 9.47 Å². The molecule has 1 aliphatic carbocycles.